The molecule has 4 nitrogen and oxygen atoms in total. The van der Waals surface area contributed by atoms with Crippen molar-refractivity contribution in [3.8, 4) is 5.75 Å². The van der Waals surface area contributed by atoms with Crippen LogP contribution >= 0.6 is 11.3 Å². The molecule has 3 aromatic rings. The third kappa shape index (κ3) is 4.93. The third-order valence-electron chi connectivity index (χ3n) is 3.58. The monoisotopic (exact) mass is 359 g/mol. The summed E-state index contributed by atoms with van der Waals surface area (Å²) >= 11 is 1.65. The molecule has 0 saturated heterocycles. The van der Waals surface area contributed by atoms with Gasteiger partial charge in [0.25, 0.3) is 5.91 Å². The fourth-order valence-corrected chi connectivity index (χ4v) is 3.28. The first-order valence-electron chi connectivity index (χ1n) is 7.84. The number of hydrogen-bond donors (Lipinski definition) is 0. The molecule has 0 N–H and O–H groups in total. The maximum Gasteiger partial charge on any atom is 0.261 e. The van der Waals surface area contributed by atoms with E-state index in [9.17, 15) is 9.18 Å². The quantitative estimate of drug-likeness (QED) is 0.628. The Labute approximate surface area is 149 Å². The molecule has 2 aromatic heterocycles. The zero-order valence-electron chi connectivity index (χ0n) is 13.8. The fraction of sp³-hybridized carbons (Fsp3) is 0.211. The molecule has 0 aliphatic heterocycles. The molecule has 0 aliphatic carbocycles. The van der Waals surface area contributed by atoms with Gasteiger partial charge in [-0.1, -0.05) is 6.07 Å². The van der Waals surface area contributed by atoms with Crippen LogP contribution in [-0.4, -0.2) is 17.4 Å². The van der Waals surface area contributed by atoms with Crippen molar-refractivity contribution in [2.24, 2.45) is 0 Å². The minimum absolute atomic E-state index is 0.158. The zero-order chi connectivity index (χ0) is 17.6. The van der Waals surface area contributed by atoms with Crippen LogP contribution < -0.4 is 4.74 Å². The highest BCUT2D eigenvalue weighted by atomic mass is 32.1. The molecule has 1 amide bonds. The molecule has 0 unspecified atom stereocenters. The molecule has 0 bridgehead atoms. The van der Waals surface area contributed by atoms with E-state index in [-0.39, 0.29) is 12.5 Å². The number of nitrogens with zero attached hydrogens (tertiary/aromatic N) is 1. The number of furan rings is 1. The number of rotatable bonds is 7. The normalized spacial score (nSPS) is 10.6. The van der Waals surface area contributed by atoms with Crippen LogP contribution in [0.2, 0.25) is 0 Å². The first-order valence-corrected chi connectivity index (χ1v) is 8.65. The number of thiophene rings is 1. The minimum Gasteiger partial charge on any atom is -0.484 e. The molecule has 6 heteroatoms. The number of carbonyl (C=O) groups excluding carboxylic acids is 1. The number of carbonyl (C=O) groups is 1. The Hall–Kier alpha value is -2.60. The van der Waals surface area contributed by atoms with Crippen LogP contribution in [0.5, 0.6) is 5.75 Å². The van der Waals surface area contributed by atoms with Gasteiger partial charge in [-0.2, -0.15) is 0 Å². The van der Waals surface area contributed by atoms with E-state index >= 15 is 0 Å². The lowest BCUT2D eigenvalue weighted by Crippen LogP contribution is -2.33. The van der Waals surface area contributed by atoms with E-state index in [1.807, 2.05) is 25.1 Å². The van der Waals surface area contributed by atoms with Gasteiger partial charge in [0.2, 0.25) is 0 Å². The second kappa shape index (κ2) is 7.98. The number of benzene rings is 1. The van der Waals surface area contributed by atoms with E-state index in [0.717, 1.165) is 4.88 Å². The third-order valence-corrected chi connectivity index (χ3v) is 4.57. The van der Waals surface area contributed by atoms with E-state index in [4.69, 9.17) is 9.15 Å². The SMILES string of the molecule is Cc1ccc(CN(Cc2ccco2)C(=O)COc2cccc(F)c2)s1. The van der Waals surface area contributed by atoms with Crippen molar-refractivity contribution in [3.63, 3.8) is 0 Å². The van der Waals surface area contributed by atoms with Crippen molar-refractivity contribution in [2.75, 3.05) is 6.61 Å². The number of aryl methyl sites for hydroxylation is 1. The molecule has 0 fully saturated rings. The Balaban J connectivity index is 1.67. The number of amides is 1. The van der Waals surface area contributed by atoms with Crippen LogP contribution in [0.1, 0.15) is 15.5 Å². The average molecular weight is 359 g/mol. The highest BCUT2D eigenvalue weighted by molar-refractivity contribution is 7.11. The van der Waals surface area contributed by atoms with Gasteiger partial charge in [-0.15, -0.1) is 11.3 Å². The maximum absolute atomic E-state index is 13.2. The first kappa shape index (κ1) is 17.2. The topological polar surface area (TPSA) is 42.7 Å². The summed E-state index contributed by atoms with van der Waals surface area (Å²) in [6.45, 7) is 2.70. The lowest BCUT2D eigenvalue weighted by Gasteiger charge is -2.21. The maximum atomic E-state index is 13.2. The molecule has 2 heterocycles. The summed E-state index contributed by atoms with van der Waals surface area (Å²) in [6.07, 6.45) is 1.58. The first-order chi connectivity index (χ1) is 12.1. The van der Waals surface area contributed by atoms with Gasteiger partial charge in [-0.05, 0) is 43.3 Å². The lowest BCUT2D eigenvalue weighted by atomic mass is 10.3. The number of hydrogen-bond acceptors (Lipinski definition) is 4. The lowest BCUT2D eigenvalue weighted by molar-refractivity contribution is -0.134. The number of ether oxygens (including phenoxy) is 1. The summed E-state index contributed by atoms with van der Waals surface area (Å²) in [5, 5.41) is 0. The molecule has 0 spiro atoms. The molecular formula is C19H18FNO3S. The van der Waals surface area contributed by atoms with E-state index in [2.05, 4.69) is 0 Å². The van der Waals surface area contributed by atoms with Crippen LogP contribution in [0.4, 0.5) is 4.39 Å². The van der Waals surface area contributed by atoms with Crippen LogP contribution in [0, 0.1) is 12.7 Å². The zero-order valence-corrected chi connectivity index (χ0v) is 14.6. The molecule has 130 valence electrons. The predicted molar refractivity (Wildman–Crippen MR) is 93.9 cm³/mol. The van der Waals surface area contributed by atoms with Crippen molar-refractivity contribution >= 4 is 17.2 Å². The Morgan fingerprint density at radius 2 is 2.08 bits per heavy atom. The van der Waals surface area contributed by atoms with Crippen LogP contribution in [0.25, 0.3) is 0 Å². The van der Waals surface area contributed by atoms with Crippen molar-refractivity contribution in [3.05, 3.63) is 76.1 Å². The van der Waals surface area contributed by atoms with E-state index < -0.39 is 5.82 Å². The van der Waals surface area contributed by atoms with Gasteiger partial charge >= 0.3 is 0 Å². The standard InChI is InChI=1S/C19H18FNO3S/c1-14-7-8-18(25-14)12-21(11-17-6-3-9-23-17)19(22)13-24-16-5-2-4-15(20)10-16/h2-10H,11-13H2,1H3. The summed E-state index contributed by atoms with van der Waals surface area (Å²) in [5.74, 6) is 0.448. The minimum atomic E-state index is -0.397. The fourth-order valence-electron chi connectivity index (χ4n) is 2.37. The summed E-state index contributed by atoms with van der Waals surface area (Å²) in [4.78, 5) is 16.6. The highest BCUT2D eigenvalue weighted by Crippen LogP contribution is 2.19. The predicted octanol–water partition coefficient (Wildman–Crippen LogP) is 4.40. The Morgan fingerprint density at radius 3 is 2.76 bits per heavy atom. The summed E-state index contributed by atoms with van der Waals surface area (Å²) in [7, 11) is 0. The van der Waals surface area contributed by atoms with Crippen LogP contribution in [0.15, 0.2) is 59.2 Å². The van der Waals surface area contributed by atoms with E-state index in [1.165, 1.54) is 17.0 Å². The van der Waals surface area contributed by atoms with Gasteiger partial charge in [0.1, 0.15) is 17.3 Å². The van der Waals surface area contributed by atoms with Crippen molar-refractivity contribution in [1.29, 1.82) is 0 Å². The Kier molecular flexibility index (Phi) is 5.50. The molecule has 0 aliphatic rings. The number of halogens is 1. The Morgan fingerprint density at radius 1 is 1.20 bits per heavy atom. The molecular weight excluding hydrogens is 341 g/mol. The van der Waals surface area contributed by atoms with Gasteiger partial charge in [-0.25, -0.2) is 4.39 Å². The van der Waals surface area contributed by atoms with Crippen LogP contribution in [-0.2, 0) is 17.9 Å². The van der Waals surface area contributed by atoms with Gasteiger partial charge in [-0.3, -0.25) is 4.79 Å². The highest BCUT2D eigenvalue weighted by Gasteiger charge is 2.17. The van der Waals surface area contributed by atoms with Gasteiger partial charge in [0.15, 0.2) is 6.61 Å². The van der Waals surface area contributed by atoms with Gasteiger partial charge in [0.05, 0.1) is 19.4 Å². The Bertz CT molecular complexity index is 829. The average Bonchev–Trinajstić information content (AvgIpc) is 3.24. The van der Waals surface area contributed by atoms with Crippen molar-refractivity contribution in [2.45, 2.75) is 20.0 Å². The summed E-state index contributed by atoms with van der Waals surface area (Å²) in [6, 6.07) is 13.4. The largest absolute Gasteiger partial charge is 0.484 e. The second-order valence-corrected chi connectivity index (χ2v) is 6.96. The molecule has 3 rings (SSSR count). The summed E-state index contributed by atoms with van der Waals surface area (Å²) in [5.41, 5.74) is 0. The molecule has 0 atom stereocenters. The van der Waals surface area contributed by atoms with Gasteiger partial charge < -0.3 is 14.1 Å². The second-order valence-electron chi connectivity index (χ2n) is 5.59. The van der Waals surface area contributed by atoms with Crippen LogP contribution in [0.3, 0.4) is 0 Å². The molecule has 1 aromatic carbocycles. The molecule has 0 radical (unpaired) electrons. The van der Waals surface area contributed by atoms with Crippen molar-refractivity contribution in [1.82, 2.24) is 4.90 Å². The van der Waals surface area contributed by atoms with E-state index in [1.54, 1.807) is 40.7 Å². The summed E-state index contributed by atoms with van der Waals surface area (Å²) < 4.78 is 24.0. The van der Waals surface area contributed by atoms with E-state index in [0.29, 0.717) is 24.6 Å². The smallest absolute Gasteiger partial charge is 0.261 e. The van der Waals surface area contributed by atoms with Gasteiger partial charge in [0, 0.05) is 15.8 Å². The van der Waals surface area contributed by atoms with Crippen molar-refractivity contribution < 1.29 is 18.3 Å². The molecule has 25 heavy (non-hydrogen) atoms. The molecule has 0 saturated carbocycles.